The molecule has 0 spiro atoms. The highest BCUT2D eigenvalue weighted by molar-refractivity contribution is 5.77. The number of ether oxygens (including phenoxy) is 1. The van der Waals surface area contributed by atoms with Crippen molar-refractivity contribution in [2.75, 3.05) is 26.2 Å². The molecule has 25 heavy (non-hydrogen) atoms. The third-order valence-electron chi connectivity index (χ3n) is 5.35. The van der Waals surface area contributed by atoms with Crippen LogP contribution in [0.1, 0.15) is 49.8 Å². The highest BCUT2D eigenvalue weighted by atomic mass is 16.5. The van der Waals surface area contributed by atoms with E-state index in [1.807, 2.05) is 13.0 Å². The normalized spacial score (nSPS) is 25.7. The summed E-state index contributed by atoms with van der Waals surface area (Å²) in [6, 6.07) is 8.53. The first-order valence-electron chi connectivity index (χ1n) is 9.54. The minimum atomic E-state index is -0.110. The van der Waals surface area contributed by atoms with E-state index in [0.717, 1.165) is 38.6 Å². The van der Waals surface area contributed by atoms with Crippen molar-refractivity contribution in [1.29, 1.82) is 0 Å². The molecule has 5 heteroatoms. The lowest BCUT2D eigenvalue weighted by Gasteiger charge is -2.30. The minimum Gasteiger partial charge on any atom is -0.466 e. The van der Waals surface area contributed by atoms with Gasteiger partial charge in [0.2, 0.25) is 0 Å². The van der Waals surface area contributed by atoms with Crippen molar-refractivity contribution in [2.24, 2.45) is 5.92 Å². The Balaban J connectivity index is 1.54. The third-order valence-corrected chi connectivity index (χ3v) is 5.35. The van der Waals surface area contributed by atoms with Gasteiger partial charge in [-0.05, 0) is 50.2 Å². The number of aryl methyl sites for hydroxylation is 1. The highest BCUT2D eigenvalue weighted by Gasteiger charge is 2.31. The fourth-order valence-corrected chi connectivity index (χ4v) is 4.15. The van der Waals surface area contributed by atoms with E-state index in [4.69, 9.17) is 4.74 Å². The quantitative estimate of drug-likeness (QED) is 0.784. The summed E-state index contributed by atoms with van der Waals surface area (Å²) in [5.41, 5.74) is 2.62. The Labute approximate surface area is 149 Å². The largest absolute Gasteiger partial charge is 0.466 e. The molecular formula is C20H29N2O3+. The Morgan fingerprint density at radius 1 is 1.24 bits per heavy atom. The topological polar surface area (TPSA) is 59.8 Å². The molecule has 1 fully saturated rings. The predicted octanol–water partition coefficient (Wildman–Crippen LogP) is 1.04. The molecule has 0 aromatic heterocycles. The molecule has 2 aliphatic rings. The predicted molar refractivity (Wildman–Crippen MR) is 95.2 cm³/mol. The van der Waals surface area contributed by atoms with Gasteiger partial charge in [-0.2, -0.15) is 0 Å². The van der Waals surface area contributed by atoms with Crippen LogP contribution in [0, 0.1) is 5.92 Å². The number of rotatable bonds is 5. The smallest absolute Gasteiger partial charge is 0.314 e. The zero-order valence-corrected chi connectivity index (χ0v) is 15.1. The number of quaternary nitrogens is 1. The van der Waals surface area contributed by atoms with E-state index in [1.54, 1.807) is 0 Å². The highest BCUT2D eigenvalue weighted by Crippen LogP contribution is 2.29. The minimum absolute atomic E-state index is 0.0630. The number of piperidine rings is 1. The van der Waals surface area contributed by atoms with E-state index in [9.17, 15) is 9.59 Å². The van der Waals surface area contributed by atoms with Crippen LogP contribution in [-0.2, 0) is 20.7 Å². The molecule has 1 aromatic carbocycles. The summed E-state index contributed by atoms with van der Waals surface area (Å²) in [5, 5.41) is 3.22. The fraction of sp³-hybridized carbons (Fsp3) is 0.600. The summed E-state index contributed by atoms with van der Waals surface area (Å²) in [7, 11) is 0. The summed E-state index contributed by atoms with van der Waals surface area (Å²) in [6.45, 7) is 4.35. The van der Waals surface area contributed by atoms with E-state index >= 15 is 0 Å². The molecule has 1 saturated heterocycles. The summed E-state index contributed by atoms with van der Waals surface area (Å²) in [5.74, 6) is -0.0885. The second-order valence-electron chi connectivity index (χ2n) is 7.18. The number of hydrogen-bond donors (Lipinski definition) is 2. The van der Waals surface area contributed by atoms with E-state index < -0.39 is 0 Å². The van der Waals surface area contributed by atoms with Gasteiger partial charge in [0.25, 0.3) is 5.91 Å². The molecule has 0 radical (unpaired) electrons. The number of carbonyl (C=O) groups excluding carboxylic acids is 2. The van der Waals surface area contributed by atoms with Crippen molar-refractivity contribution < 1.29 is 19.2 Å². The van der Waals surface area contributed by atoms with Crippen molar-refractivity contribution >= 4 is 11.9 Å². The van der Waals surface area contributed by atoms with Gasteiger partial charge >= 0.3 is 5.97 Å². The molecule has 5 nitrogen and oxygen atoms in total. The first-order chi connectivity index (χ1) is 12.2. The van der Waals surface area contributed by atoms with Crippen LogP contribution in [-0.4, -0.2) is 38.1 Å². The molecule has 1 unspecified atom stereocenters. The molecule has 1 heterocycles. The van der Waals surface area contributed by atoms with Gasteiger partial charge in [0.1, 0.15) is 5.92 Å². The van der Waals surface area contributed by atoms with E-state index in [2.05, 4.69) is 23.5 Å². The van der Waals surface area contributed by atoms with Gasteiger partial charge in [-0.1, -0.05) is 24.3 Å². The molecule has 1 amide bonds. The van der Waals surface area contributed by atoms with Crippen LogP contribution in [0.25, 0.3) is 0 Å². The summed E-state index contributed by atoms with van der Waals surface area (Å²) in [4.78, 5) is 25.7. The molecule has 0 bridgehead atoms. The Hall–Kier alpha value is -1.88. The van der Waals surface area contributed by atoms with Gasteiger partial charge in [0, 0.05) is 0 Å². The zero-order valence-electron chi connectivity index (χ0n) is 15.1. The molecule has 1 aliphatic heterocycles. The van der Waals surface area contributed by atoms with Crippen LogP contribution < -0.4 is 10.2 Å². The number of fused-ring (bicyclic) bond motifs is 1. The van der Waals surface area contributed by atoms with Gasteiger partial charge in [-0.15, -0.1) is 0 Å². The lowest BCUT2D eigenvalue weighted by molar-refractivity contribution is -0.899. The first kappa shape index (κ1) is 17.9. The van der Waals surface area contributed by atoms with Crippen molar-refractivity contribution in [3.05, 3.63) is 35.4 Å². The second kappa shape index (κ2) is 8.48. The van der Waals surface area contributed by atoms with Gasteiger partial charge in [-0.25, -0.2) is 0 Å². The molecule has 1 aromatic rings. The molecule has 0 saturated carbocycles. The van der Waals surface area contributed by atoms with E-state index in [0.29, 0.717) is 19.7 Å². The second-order valence-corrected chi connectivity index (χ2v) is 7.18. The Bertz CT molecular complexity index is 617. The van der Waals surface area contributed by atoms with Crippen LogP contribution in [0.2, 0.25) is 0 Å². The number of benzene rings is 1. The van der Waals surface area contributed by atoms with E-state index in [1.165, 1.54) is 16.0 Å². The number of carbonyl (C=O) groups is 2. The average molecular weight is 345 g/mol. The number of amides is 1. The SMILES string of the molecule is CCOC(=O)[C@H]1CCC[NH+](CC(=O)N[C@@H]2CCCc3ccccc32)C1. The van der Waals surface area contributed by atoms with Crippen LogP contribution in [0.4, 0.5) is 0 Å². The van der Waals surface area contributed by atoms with Crippen LogP contribution in [0.3, 0.4) is 0 Å². The van der Waals surface area contributed by atoms with Gasteiger partial charge < -0.3 is 15.0 Å². The summed E-state index contributed by atoms with van der Waals surface area (Å²) >= 11 is 0. The number of nitrogens with one attached hydrogen (secondary N) is 2. The molecule has 3 rings (SSSR count). The van der Waals surface area contributed by atoms with Crippen LogP contribution >= 0.6 is 0 Å². The maximum atomic E-state index is 12.5. The molecule has 3 atom stereocenters. The summed E-state index contributed by atoms with van der Waals surface area (Å²) in [6.07, 6.45) is 5.06. The molecule has 2 N–H and O–H groups in total. The number of esters is 1. The van der Waals surface area contributed by atoms with Crippen molar-refractivity contribution in [3.63, 3.8) is 0 Å². The molecule has 1 aliphatic carbocycles. The monoisotopic (exact) mass is 345 g/mol. The molecule has 136 valence electrons. The zero-order chi connectivity index (χ0) is 17.6. The maximum absolute atomic E-state index is 12.5. The third kappa shape index (κ3) is 4.60. The van der Waals surface area contributed by atoms with Crippen molar-refractivity contribution in [1.82, 2.24) is 5.32 Å². The van der Waals surface area contributed by atoms with Crippen molar-refractivity contribution in [3.8, 4) is 0 Å². The van der Waals surface area contributed by atoms with E-state index in [-0.39, 0.29) is 23.8 Å². The standard InChI is InChI=1S/C20H28N2O3/c1-2-25-20(24)16-9-6-12-22(13-16)14-19(23)21-18-11-5-8-15-7-3-4-10-17(15)18/h3-4,7,10,16,18H,2,5-6,8-9,11-14H2,1H3,(H,21,23)/p+1/t16-,18+/m0/s1. The van der Waals surface area contributed by atoms with Crippen LogP contribution in [0.5, 0.6) is 0 Å². The number of hydrogen-bond acceptors (Lipinski definition) is 3. The van der Waals surface area contributed by atoms with Gasteiger partial charge in [0.05, 0.1) is 25.7 Å². The number of likely N-dealkylation sites (tertiary alicyclic amines) is 1. The van der Waals surface area contributed by atoms with Crippen LogP contribution in [0.15, 0.2) is 24.3 Å². The first-order valence-corrected chi connectivity index (χ1v) is 9.54. The lowest BCUT2D eigenvalue weighted by atomic mass is 9.88. The lowest BCUT2D eigenvalue weighted by Crippen LogP contribution is -3.14. The Kier molecular flexibility index (Phi) is 6.08. The Morgan fingerprint density at radius 2 is 2.08 bits per heavy atom. The average Bonchev–Trinajstić information content (AvgIpc) is 2.62. The fourth-order valence-electron chi connectivity index (χ4n) is 4.15. The molecular weight excluding hydrogens is 316 g/mol. The van der Waals surface area contributed by atoms with Gasteiger partial charge in [0.15, 0.2) is 6.54 Å². The van der Waals surface area contributed by atoms with Crippen molar-refractivity contribution in [2.45, 2.75) is 45.1 Å². The maximum Gasteiger partial charge on any atom is 0.314 e. The van der Waals surface area contributed by atoms with Gasteiger partial charge in [-0.3, -0.25) is 9.59 Å². The summed E-state index contributed by atoms with van der Waals surface area (Å²) < 4.78 is 5.14. The Morgan fingerprint density at radius 3 is 2.92 bits per heavy atom.